The standard InChI is InChI=1S/C20H21N3O4/c1-13(24)21-17-10-9-16(12-19(17)27-3)23-20(26)18(22-14(2)25)11-15-7-5-4-6-8-15/h4-12H,1-3H3,(H,21,24)(H,22,25)(H,23,26). The summed E-state index contributed by atoms with van der Waals surface area (Å²) in [6.07, 6.45) is 1.58. The van der Waals surface area contributed by atoms with Crippen molar-refractivity contribution in [2.24, 2.45) is 0 Å². The highest BCUT2D eigenvalue weighted by molar-refractivity contribution is 6.08. The molecule has 0 bridgehead atoms. The van der Waals surface area contributed by atoms with Gasteiger partial charge in [0, 0.05) is 25.6 Å². The van der Waals surface area contributed by atoms with E-state index in [1.165, 1.54) is 21.0 Å². The van der Waals surface area contributed by atoms with E-state index in [0.717, 1.165) is 5.56 Å². The molecule has 0 heterocycles. The first-order valence-corrected chi connectivity index (χ1v) is 8.20. The molecule has 0 aliphatic carbocycles. The maximum atomic E-state index is 12.6. The molecule has 140 valence electrons. The molecular formula is C20H21N3O4. The van der Waals surface area contributed by atoms with Gasteiger partial charge in [0.1, 0.15) is 11.4 Å². The van der Waals surface area contributed by atoms with Crippen molar-refractivity contribution in [2.75, 3.05) is 17.7 Å². The van der Waals surface area contributed by atoms with Crippen molar-refractivity contribution in [3.05, 3.63) is 59.8 Å². The van der Waals surface area contributed by atoms with Crippen LogP contribution in [0.2, 0.25) is 0 Å². The van der Waals surface area contributed by atoms with E-state index in [9.17, 15) is 14.4 Å². The van der Waals surface area contributed by atoms with Gasteiger partial charge in [-0.15, -0.1) is 0 Å². The molecule has 0 aliphatic rings. The molecule has 27 heavy (non-hydrogen) atoms. The van der Waals surface area contributed by atoms with Gasteiger partial charge in [0.15, 0.2) is 0 Å². The number of nitrogens with one attached hydrogen (secondary N) is 3. The Morgan fingerprint density at radius 1 is 0.926 bits per heavy atom. The van der Waals surface area contributed by atoms with Gasteiger partial charge in [-0.3, -0.25) is 14.4 Å². The van der Waals surface area contributed by atoms with Crippen LogP contribution in [0.4, 0.5) is 11.4 Å². The molecule has 2 rings (SSSR count). The number of ether oxygens (including phenoxy) is 1. The van der Waals surface area contributed by atoms with E-state index >= 15 is 0 Å². The fourth-order valence-corrected chi connectivity index (χ4v) is 2.32. The zero-order valence-electron chi connectivity index (χ0n) is 15.3. The minimum atomic E-state index is -0.483. The summed E-state index contributed by atoms with van der Waals surface area (Å²) in [4.78, 5) is 35.3. The first-order valence-electron chi connectivity index (χ1n) is 8.20. The van der Waals surface area contributed by atoms with E-state index in [2.05, 4.69) is 16.0 Å². The van der Waals surface area contributed by atoms with Crippen molar-refractivity contribution in [3.63, 3.8) is 0 Å². The highest BCUT2D eigenvalue weighted by atomic mass is 16.5. The average Bonchev–Trinajstić information content (AvgIpc) is 2.62. The van der Waals surface area contributed by atoms with Crippen LogP contribution in [0, 0.1) is 0 Å². The topological polar surface area (TPSA) is 96.5 Å². The molecular weight excluding hydrogens is 346 g/mol. The number of hydrogen-bond acceptors (Lipinski definition) is 4. The predicted octanol–water partition coefficient (Wildman–Crippen LogP) is 2.77. The molecule has 0 radical (unpaired) electrons. The van der Waals surface area contributed by atoms with Gasteiger partial charge in [-0.1, -0.05) is 30.3 Å². The molecule has 0 unspecified atom stereocenters. The molecule has 0 saturated carbocycles. The maximum absolute atomic E-state index is 12.6. The second kappa shape index (κ2) is 9.19. The first kappa shape index (κ1) is 19.7. The molecule has 7 nitrogen and oxygen atoms in total. The lowest BCUT2D eigenvalue weighted by atomic mass is 10.2. The zero-order valence-corrected chi connectivity index (χ0v) is 15.3. The quantitative estimate of drug-likeness (QED) is 0.684. The normalized spacial score (nSPS) is 10.7. The van der Waals surface area contributed by atoms with E-state index in [1.807, 2.05) is 30.3 Å². The summed E-state index contributed by atoms with van der Waals surface area (Å²) < 4.78 is 5.24. The predicted molar refractivity (Wildman–Crippen MR) is 104 cm³/mol. The fraction of sp³-hybridized carbons (Fsp3) is 0.150. The monoisotopic (exact) mass is 367 g/mol. The van der Waals surface area contributed by atoms with Crippen molar-refractivity contribution < 1.29 is 19.1 Å². The SMILES string of the molecule is COc1cc(NC(=O)C(=Cc2ccccc2)NC(C)=O)ccc1NC(C)=O. The Bertz CT molecular complexity index is 876. The van der Waals surface area contributed by atoms with Crippen molar-refractivity contribution in [2.45, 2.75) is 13.8 Å². The first-order chi connectivity index (χ1) is 12.9. The summed E-state index contributed by atoms with van der Waals surface area (Å²) >= 11 is 0. The van der Waals surface area contributed by atoms with Gasteiger partial charge in [-0.2, -0.15) is 0 Å². The van der Waals surface area contributed by atoms with Crippen molar-refractivity contribution in [1.29, 1.82) is 0 Å². The van der Waals surface area contributed by atoms with E-state index in [0.29, 0.717) is 17.1 Å². The minimum Gasteiger partial charge on any atom is -0.494 e. The van der Waals surface area contributed by atoms with Crippen LogP contribution in [0.5, 0.6) is 5.75 Å². The number of anilines is 2. The van der Waals surface area contributed by atoms with Crippen LogP contribution < -0.4 is 20.7 Å². The molecule has 3 amide bonds. The van der Waals surface area contributed by atoms with Gasteiger partial charge in [-0.25, -0.2) is 0 Å². The number of rotatable bonds is 6. The molecule has 0 spiro atoms. The third-order valence-electron chi connectivity index (χ3n) is 3.44. The molecule has 0 aliphatic heterocycles. The number of benzene rings is 2. The molecule has 0 saturated heterocycles. The second-order valence-corrected chi connectivity index (χ2v) is 5.70. The molecule has 0 atom stereocenters. The van der Waals surface area contributed by atoms with Gasteiger partial charge in [0.05, 0.1) is 12.8 Å². The highest BCUT2D eigenvalue weighted by Gasteiger charge is 2.13. The Kier molecular flexibility index (Phi) is 6.71. The molecule has 3 N–H and O–H groups in total. The Hall–Kier alpha value is -3.61. The molecule has 2 aromatic rings. The van der Waals surface area contributed by atoms with Gasteiger partial charge in [0.25, 0.3) is 5.91 Å². The summed E-state index contributed by atoms with van der Waals surface area (Å²) in [6.45, 7) is 2.72. The van der Waals surface area contributed by atoms with Crippen LogP contribution in [-0.2, 0) is 14.4 Å². The van der Waals surface area contributed by atoms with Gasteiger partial charge in [-0.05, 0) is 23.8 Å². The summed E-state index contributed by atoms with van der Waals surface area (Å²) in [6, 6.07) is 14.0. The van der Waals surface area contributed by atoms with Crippen LogP contribution in [0.15, 0.2) is 54.2 Å². The van der Waals surface area contributed by atoms with E-state index in [1.54, 1.807) is 24.3 Å². The average molecular weight is 367 g/mol. The van der Waals surface area contributed by atoms with E-state index in [-0.39, 0.29) is 17.5 Å². The summed E-state index contributed by atoms with van der Waals surface area (Å²) in [5.74, 6) is -0.672. The van der Waals surface area contributed by atoms with E-state index in [4.69, 9.17) is 4.74 Å². The number of carbonyl (C=O) groups is 3. The molecule has 2 aromatic carbocycles. The summed E-state index contributed by atoms with van der Waals surface area (Å²) in [5, 5.41) is 7.89. The van der Waals surface area contributed by atoms with Crippen LogP contribution in [0.25, 0.3) is 6.08 Å². The third kappa shape index (κ3) is 6.00. The Balaban J connectivity index is 2.25. The van der Waals surface area contributed by atoms with Crippen molar-refractivity contribution >= 4 is 35.2 Å². The number of hydrogen-bond donors (Lipinski definition) is 3. The lowest BCUT2D eigenvalue weighted by Gasteiger charge is -2.13. The minimum absolute atomic E-state index is 0.110. The Labute approximate surface area is 157 Å². The number of carbonyl (C=O) groups excluding carboxylic acids is 3. The fourth-order valence-electron chi connectivity index (χ4n) is 2.32. The summed E-state index contributed by atoms with van der Waals surface area (Å²) in [7, 11) is 1.46. The van der Waals surface area contributed by atoms with Crippen LogP contribution >= 0.6 is 0 Å². The van der Waals surface area contributed by atoms with Gasteiger partial charge >= 0.3 is 0 Å². The Morgan fingerprint density at radius 3 is 2.22 bits per heavy atom. The molecule has 7 heteroatoms. The number of methoxy groups -OCH3 is 1. The van der Waals surface area contributed by atoms with Crippen molar-refractivity contribution in [1.82, 2.24) is 5.32 Å². The van der Waals surface area contributed by atoms with Crippen LogP contribution in [0.1, 0.15) is 19.4 Å². The van der Waals surface area contributed by atoms with Gasteiger partial charge < -0.3 is 20.7 Å². The van der Waals surface area contributed by atoms with Crippen LogP contribution in [0.3, 0.4) is 0 Å². The smallest absolute Gasteiger partial charge is 0.272 e. The Morgan fingerprint density at radius 2 is 1.63 bits per heavy atom. The highest BCUT2D eigenvalue weighted by Crippen LogP contribution is 2.28. The van der Waals surface area contributed by atoms with Crippen LogP contribution in [-0.4, -0.2) is 24.8 Å². The number of amides is 3. The zero-order chi connectivity index (χ0) is 19.8. The van der Waals surface area contributed by atoms with E-state index < -0.39 is 5.91 Å². The van der Waals surface area contributed by atoms with Gasteiger partial charge in [0.2, 0.25) is 11.8 Å². The lowest BCUT2D eigenvalue weighted by molar-refractivity contribution is -0.120. The molecule has 0 fully saturated rings. The third-order valence-corrected chi connectivity index (χ3v) is 3.44. The maximum Gasteiger partial charge on any atom is 0.272 e. The lowest BCUT2D eigenvalue weighted by Crippen LogP contribution is -2.29. The largest absolute Gasteiger partial charge is 0.494 e. The molecule has 0 aromatic heterocycles. The van der Waals surface area contributed by atoms with Crippen molar-refractivity contribution in [3.8, 4) is 5.75 Å². The second-order valence-electron chi connectivity index (χ2n) is 5.70. The summed E-state index contributed by atoms with van der Waals surface area (Å²) in [5.41, 5.74) is 1.83.